The molecule has 0 aromatic rings. The first-order valence-electron chi connectivity index (χ1n) is 3.56. The van der Waals surface area contributed by atoms with E-state index >= 15 is 0 Å². The van der Waals surface area contributed by atoms with Crippen molar-refractivity contribution in [2.75, 3.05) is 0 Å². The molecule has 1 aliphatic carbocycles. The maximum Gasteiger partial charge on any atom is 0.0513 e. The predicted molar refractivity (Wildman–Crippen MR) is 36.1 cm³/mol. The molecule has 0 saturated heterocycles. The molecule has 0 N–H and O–H groups in total. The molecular formula is C8H11O2-. The SMILES string of the molecule is C=CC1(C(=O)[O-])CCCC1. The normalized spacial score (nSPS) is 22.4. The molecule has 2 nitrogen and oxygen atoms in total. The molecule has 0 unspecified atom stereocenters. The van der Waals surface area contributed by atoms with E-state index in [9.17, 15) is 9.90 Å². The second kappa shape index (κ2) is 2.45. The van der Waals surface area contributed by atoms with Crippen LogP contribution in [0.2, 0.25) is 0 Å². The average molecular weight is 139 g/mol. The number of hydrogen-bond donors (Lipinski definition) is 0. The van der Waals surface area contributed by atoms with Gasteiger partial charge in [-0.15, -0.1) is 6.58 Å². The van der Waals surface area contributed by atoms with Gasteiger partial charge in [0.05, 0.1) is 5.97 Å². The number of hydrogen-bond acceptors (Lipinski definition) is 2. The second-order valence-corrected chi connectivity index (χ2v) is 2.85. The topological polar surface area (TPSA) is 40.1 Å². The first kappa shape index (κ1) is 7.32. The molecule has 0 bridgehead atoms. The smallest absolute Gasteiger partial charge is 0.0513 e. The third-order valence-corrected chi connectivity index (χ3v) is 2.29. The van der Waals surface area contributed by atoms with Crippen LogP contribution in [0.25, 0.3) is 0 Å². The monoisotopic (exact) mass is 139 g/mol. The zero-order chi connectivity index (χ0) is 7.61. The molecule has 0 aliphatic heterocycles. The van der Waals surface area contributed by atoms with Crippen LogP contribution < -0.4 is 5.11 Å². The Bertz CT molecular complexity index is 155. The van der Waals surface area contributed by atoms with E-state index in [1.54, 1.807) is 0 Å². The zero-order valence-electron chi connectivity index (χ0n) is 5.93. The summed E-state index contributed by atoms with van der Waals surface area (Å²) in [6.07, 6.45) is 4.91. The largest absolute Gasteiger partial charge is 0.549 e. The van der Waals surface area contributed by atoms with E-state index in [0.29, 0.717) is 12.8 Å². The van der Waals surface area contributed by atoms with Crippen LogP contribution in [0.15, 0.2) is 12.7 Å². The lowest BCUT2D eigenvalue weighted by Gasteiger charge is -2.25. The lowest BCUT2D eigenvalue weighted by Crippen LogP contribution is -2.38. The van der Waals surface area contributed by atoms with E-state index in [2.05, 4.69) is 6.58 Å². The van der Waals surface area contributed by atoms with Gasteiger partial charge in [0.15, 0.2) is 0 Å². The van der Waals surface area contributed by atoms with Crippen molar-refractivity contribution in [1.29, 1.82) is 0 Å². The molecule has 0 atom stereocenters. The van der Waals surface area contributed by atoms with E-state index in [1.807, 2.05) is 0 Å². The molecule has 10 heavy (non-hydrogen) atoms. The van der Waals surface area contributed by atoms with Crippen LogP contribution in [0.5, 0.6) is 0 Å². The molecule has 1 saturated carbocycles. The number of carbonyl (C=O) groups is 1. The van der Waals surface area contributed by atoms with Crippen molar-refractivity contribution in [3.8, 4) is 0 Å². The Morgan fingerprint density at radius 3 is 2.20 bits per heavy atom. The van der Waals surface area contributed by atoms with Crippen molar-refractivity contribution in [1.82, 2.24) is 0 Å². The first-order chi connectivity index (χ1) is 4.71. The van der Waals surface area contributed by atoms with Crippen LogP contribution >= 0.6 is 0 Å². The Morgan fingerprint density at radius 1 is 1.50 bits per heavy atom. The molecule has 0 aromatic heterocycles. The van der Waals surface area contributed by atoms with Gasteiger partial charge in [-0.1, -0.05) is 18.9 Å². The highest BCUT2D eigenvalue weighted by Crippen LogP contribution is 2.38. The Labute approximate surface area is 60.6 Å². The summed E-state index contributed by atoms with van der Waals surface area (Å²) in [7, 11) is 0. The number of carboxylic acid groups (broad SMARTS) is 1. The van der Waals surface area contributed by atoms with E-state index < -0.39 is 11.4 Å². The predicted octanol–water partition coefficient (Wildman–Crippen LogP) is 0.483. The molecule has 0 aromatic carbocycles. The Balaban J connectivity index is 2.76. The minimum Gasteiger partial charge on any atom is -0.549 e. The summed E-state index contributed by atoms with van der Waals surface area (Å²) in [5.74, 6) is -0.958. The van der Waals surface area contributed by atoms with E-state index in [0.717, 1.165) is 12.8 Å². The van der Waals surface area contributed by atoms with Gasteiger partial charge >= 0.3 is 0 Å². The van der Waals surface area contributed by atoms with Crippen molar-refractivity contribution in [3.63, 3.8) is 0 Å². The standard InChI is InChI=1S/C8H12O2/c1-2-8(7(9)10)5-3-4-6-8/h2H,1,3-6H2,(H,9,10)/p-1. The fourth-order valence-corrected chi connectivity index (χ4v) is 1.50. The van der Waals surface area contributed by atoms with Gasteiger partial charge in [-0.05, 0) is 12.8 Å². The zero-order valence-corrected chi connectivity index (χ0v) is 5.93. The Hall–Kier alpha value is -0.790. The Morgan fingerprint density at radius 2 is 2.00 bits per heavy atom. The van der Waals surface area contributed by atoms with Gasteiger partial charge in [0.25, 0.3) is 0 Å². The quantitative estimate of drug-likeness (QED) is 0.522. The van der Waals surface area contributed by atoms with Crippen LogP contribution in [0.3, 0.4) is 0 Å². The summed E-state index contributed by atoms with van der Waals surface area (Å²) in [6, 6.07) is 0. The van der Waals surface area contributed by atoms with Crippen molar-refractivity contribution >= 4 is 5.97 Å². The molecular weight excluding hydrogens is 128 g/mol. The van der Waals surface area contributed by atoms with Crippen molar-refractivity contribution in [2.24, 2.45) is 5.41 Å². The van der Waals surface area contributed by atoms with Gasteiger partial charge in [0.2, 0.25) is 0 Å². The second-order valence-electron chi connectivity index (χ2n) is 2.85. The van der Waals surface area contributed by atoms with Gasteiger partial charge in [-0.2, -0.15) is 0 Å². The number of rotatable bonds is 2. The van der Waals surface area contributed by atoms with Crippen LogP contribution in [0, 0.1) is 5.41 Å². The lowest BCUT2D eigenvalue weighted by molar-refractivity contribution is -0.316. The summed E-state index contributed by atoms with van der Waals surface area (Å²) >= 11 is 0. The molecule has 1 rings (SSSR count). The third-order valence-electron chi connectivity index (χ3n) is 2.29. The van der Waals surface area contributed by atoms with Gasteiger partial charge in [-0.25, -0.2) is 0 Å². The van der Waals surface area contributed by atoms with Crippen LogP contribution in [0.4, 0.5) is 0 Å². The summed E-state index contributed by atoms with van der Waals surface area (Å²) < 4.78 is 0. The van der Waals surface area contributed by atoms with E-state index in [4.69, 9.17) is 0 Å². The van der Waals surface area contributed by atoms with E-state index in [-0.39, 0.29) is 0 Å². The van der Waals surface area contributed by atoms with Gasteiger partial charge in [0, 0.05) is 5.41 Å². The van der Waals surface area contributed by atoms with Gasteiger partial charge in [0.1, 0.15) is 0 Å². The van der Waals surface area contributed by atoms with Crippen molar-refractivity contribution in [2.45, 2.75) is 25.7 Å². The minimum atomic E-state index is -0.958. The molecule has 1 fully saturated rings. The van der Waals surface area contributed by atoms with Gasteiger partial charge < -0.3 is 9.90 Å². The highest BCUT2D eigenvalue weighted by Gasteiger charge is 2.31. The first-order valence-corrected chi connectivity index (χ1v) is 3.56. The van der Waals surface area contributed by atoms with Crippen molar-refractivity contribution in [3.05, 3.63) is 12.7 Å². The molecule has 0 heterocycles. The fourth-order valence-electron chi connectivity index (χ4n) is 1.50. The number of aliphatic carboxylic acids is 1. The highest BCUT2D eigenvalue weighted by atomic mass is 16.4. The van der Waals surface area contributed by atoms with Crippen LogP contribution in [-0.2, 0) is 4.79 Å². The third kappa shape index (κ3) is 0.939. The van der Waals surface area contributed by atoms with Gasteiger partial charge in [-0.3, -0.25) is 0 Å². The summed E-state index contributed by atoms with van der Waals surface area (Å²) in [5, 5.41) is 10.6. The van der Waals surface area contributed by atoms with E-state index in [1.165, 1.54) is 6.08 Å². The van der Waals surface area contributed by atoms with Crippen LogP contribution in [0.1, 0.15) is 25.7 Å². The molecule has 1 aliphatic rings. The van der Waals surface area contributed by atoms with Crippen molar-refractivity contribution < 1.29 is 9.90 Å². The highest BCUT2D eigenvalue weighted by molar-refractivity contribution is 5.75. The molecule has 0 radical (unpaired) electrons. The average Bonchev–Trinajstić information content (AvgIpc) is 2.35. The lowest BCUT2D eigenvalue weighted by atomic mass is 9.87. The van der Waals surface area contributed by atoms with Crippen LogP contribution in [-0.4, -0.2) is 5.97 Å². The summed E-state index contributed by atoms with van der Waals surface area (Å²) in [5.41, 5.74) is -0.694. The maximum atomic E-state index is 10.6. The molecule has 2 heteroatoms. The minimum absolute atomic E-state index is 0.694. The molecule has 0 spiro atoms. The number of carboxylic acids is 1. The molecule has 56 valence electrons. The maximum absolute atomic E-state index is 10.6. The summed E-state index contributed by atoms with van der Waals surface area (Å²) in [4.78, 5) is 10.6. The molecule has 0 amide bonds. The fraction of sp³-hybridized carbons (Fsp3) is 0.625. The number of carbonyl (C=O) groups excluding carboxylic acids is 1. The Kier molecular flexibility index (Phi) is 1.79. The summed E-state index contributed by atoms with van der Waals surface area (Å²) in [6.45, 7) is 3.52.